The SMILES string of the molecule is CC.CC1C=CC=CC(c2cccc3oc4ccccc4c23)=C1. The highest BCUT2D eigenvalue weighted by atomic mass is 16.3. The van der Waals surface area contributed by atoms with Gasteiger partial charge in [-0.25, -0.2) is 0 Å². The Bertz CT molecular complexity index is 906. The van der Waals surface area contributed by atoms with Crippen LogP contribution in [0.3, 0.4) is 0 Å². The van der Waals surface area contributed by atoms with E-state index in [2.05, 4.69) is 61.6 Å². The first-order chi connectivity index (χ1) is 11.3. The van der Waals surface area contributed by atoms with Gasteiger partial charge >= 0.3 is 0 Å². The fourth-order valence-electron chi connectivity index (χ4n) is 2.99. The first-order valence-electron chi connectivity index (χ1n) is 8.30. The van der Waals surface area contributed by atoms with Gasteiger partial charge in [0.1, 0.15) is 11.2 Å². The normalized spacial score (nSPS) is 16.8. The van der Waals surface area contributed by atoms with Crippen molar-refractivity contribution in [1.82, 2.24) is 0 Å². The molecule has 116 valence electrons. The zero-order chi connectivity index (χ0) is 16.2. The summed E-state index contributed by atoms with van der Waals surface area (Å²) in [5, 5.41) is 2.39. The molecule has 0 radical (unpaired) electrons. The summed E-state index contributed by atoms with van der Waals surface area (Å²) in [5.74, 6) is 0.434. The van der Waals surface area contributed by atoms with Crippen LogP contribution in [0.5, 0.6) is 0 Å². The van der Waals surface area contributed by atoms with Crippen LogP contribution in [-0.2, 0) is 0 Å². The molecule has 4 rings (SSSR count). The maximum absolute atomic E-state index is 5.98. The van der Waals surface area contributed by atoms with Crippen LogP contribution in [0.1, 0.15) is 26.3 Å². The molecule has 0 amide bonds. The molecular formula is C22H22O. The van der Waals surface area contributed by atoms with E-state index in [-0.39, 0.29) is 0 Å². The summed E-state index contributed by atoms with van der Waals surface area (Å²) in [5.41, 5.74) is 4.39. The lowest BCUT2D eigenvalue weighted by atomic mass is 9.97. The summed E-state index contributed by atoms with van der Waals surface area (Å²) in [6.45, 7) is 6.21. The zero-order valence-corrected chi connectivity index (χ0v) is 13.9. The van der Waals surface area contributed by atoms with Crippen molar-refractivity contribution in [1.29, 1.82) is 0 Å². The Kier molecular flexibility index (Phi) is 4.47. The molecule has 0 saturated heterocycles. The smallest absolute Gasteiger partial charge is 0.136 e. The maximum atomic E-state index is 5.98. The molecule has 1 atom stereocenters. The predicted octanol–water partition coefficient (Wildman–Crippen LogP) is 6.76. The third-order valence-corrected chi connectivity index (χ3v) is 3.96. The largest absolute Gasteiger partial charge is 0.456 e. The molecule has 3 aromatic rings. The second-order valence-electron chi connectivity index (χ2n) is 5.50. The lowest BCUT2D eigenvalue weighted by Gasteiger charge is -2.06. The average Bonchev–Trinajstić information content (AvgIpc) is 2.84. The Morgan fingerprint density at radius 2 is 1.65 bits per heavy atom. The Morgan fingerprint density at radius 1 is 0.870 bits per heavy atom. The molecule has 1 aliphatic carbocycles. The highest BCUT2D eigenvalue weighted by molar-refractivity contribution is 6.11. The van der Waals surface area contributed by atoms with Gasteiger partial charge in [-0.05, 0) is 29.2 Å². The average molecular weight is 302 g/mol. The third-order valence-electron chi connectivity index (χ3n) is 3.96. The molecule has 23 heavy (non-hydrogen) atoms. The van der Waals surface area contributed by atoms with Crippen molar-refractivity contribution in [2.45, 2.75) is 20.8 Å². The van der Waals surface area contributed by atoms with Gasteiger partial charge in [0.2, 0.25) is 0 Å². The minimum atomic E-state index is 0.434. The lowest BCUT2D eigenvalue weighted by molar-refractivity contribution is 0.669. The summed E-state index contributed by atoms with van der Waals surface area (Å²) in [6, 6.07) is 14.5. The molecule has 0 saturated carbocycles. The van der Waals surface area contributed by atoms with Crippen molar-refractivity contribution >= 4 is 27.5 Å². The van der Waals surface area contributed by atoms with Crippen LogP contribution in [0, 0.1) is 5.92 Å². The summed E-state index contributed by atoms with van der Waals surface area (Å²) >= 11 is 0. The van der Waals surface area contributed by atoms with E-state index >= 15 is 0 Å². The van der Waals surface area contributed by atoms with E-state index in [4.69, 9.17) is 4.42 Å². The first kappa shape index (κ1) is 15.4. The van der Waals surface area contributed by atoms with E-state index in [1.807, 2.05) is 32.0 Å². The van der Waals surface area contributed by atoms with Crippen LogP contribution < -0.4 is 0 Å². The Hall–Kier alpha value is -2.54. The van der Waals surface area contributed by atoms with Crippen molar-refractivity contribution in [2.75, 3.05) is 0 Å². The number of allylic oxidation sites excluding steroid dienone is 6. The van der Waals surface area contributed by atoms with Crippen LogP contribution in [-0.4, -0.2) is 0 Å². The van der Waals surface area contributed by atoms with Gasteiger partial charge in [0.25, 0.3) is 0 Å². The Morgan fingerprint density at radius 3 is 2.52 bits per heavy atom. The molecule has 0 fully saturated rings. The second-order valence-corrected chi connectivity index (χ2v) is 5.50. The van der Waals surface area contributed by atoms with Gasteiger partial charge in [0, 0.05) is 10.8 Å². The molecule has 0 aliphatic heterocycles. The fraction of sp³-hybridized carbons (Fsp3) is 0.182. The van der Waals surface area contributed by atoms with E-state index in [1.54, 1.807) is 0 Å². The molecule has 1 nitrogen and oxygen atoms in total. The number of rotatable bonds is 1. The molecule has 1 unspecified atom stereocenters. The molecule has 0 N–H and O–H groups in total. The number of fused-ring (bicyclic) bond motifs is 3. The van der Waals surface area contributed by atoms with Crippen molar-refractivity contribution in [3.63, 3.8) is 0 Å². The molecule has 1 heteroatoms. The predicted molar refractivity (Wildman–Crippen MR) is 100 cm³/mol. The Balaban J connectivity index is 0.000000753. The molecule has 0 bridgehead atoms. The highest BCUT2D eigenvalue weighted by Crippen LogP contribution is 2.35. The van der Waals surface area contributed by atoms with Crippen LogP contribution >= 0.6 is 0 Å². The third kappa shape index (κ3) is 2.87. The van der Waals surface area contributed by atoms with E-state index in [1.165, 1.54) is 21.9 Å². The monoisotopic (exact) mass is 302 g/mol. The molecular weight excluding hydrogens is 280 g/mol. The molecule has 1 aliphatic rings. The van der Waals surface area contributed by atoms with Gasteiger partial charge in [-0.2, -0.15) is 0 Å². The zero-order valence-electron chi connectivity index (χ0n) is 13.9. The van der Waals surface area contributed by atoms with Gasteiger partial charge < -0.3 is 4.42 Å². The number of hydrogen-bond acceptors (Lipinski definition) is 1. The second kappa shape index (κ2) is 6.70. The number of benzene rings is 2. The van der Waals surface area contributed by atoms with Crippen molar-refractivity contribution in [3.8, 4) is 0 Å². The standard InChI is InChI=1S/C20H16O.C2H6/c1-14-7-2-3-8-15(13-14)16-10-6-12-19-20(16)17-9-4-5-11-18(17)21-19;1-2/h2-14H,1H3;1-2H3. The quantitative estimate of drug-likeness (QED) is 0.484. The summed E-state index contributed by atoms with van der Waals surface area (Å²) in [7, 11) is 0. The van der Waals surface area contributed by atoms with Crippen LogP contribution in [0.4, 0.5) is 0 Å². The minimum Gasteiger partial charge on any atom is -0.456 e. The first-order valence-corrected chi connectivity index (χ1v) is 8.30. The van der Waals surface area contributed by atoms with Crippen LogP contribution in [0.2, 0.25) is 0 Å². The molecule has 1 heterocycles. The maximum Gasteiger partial charge on any atom is 0.136 e. The van der Waals surface area contributed by atoms with Crippen molar-refractivity contribution < 1.29 is 4.42 Å². The van der Waals surface area contributed by atoms with Crippen molar-refractivity contribution in [3.05, 3.63) is 78.4 Å². The number of para-hydroxylation sites is 1. The number of hydrogen-bond donors (Lipinski definition) is 0. The van der Waals surface area contributed by atoms with E-state index < -0.39 is 0 Å². The minimum absolute atomic E-state index is 0.434. The van der Waals surface area contributed by atoms with Crippen LogP contribution in [0.25, 0.3) is 27.5 Å². The van der Waals surface area contributed by atoms with Gasteiger partial charge in [0.05, 0.1) is 0 Å². The molecule has 0 spiro atoms. The topological polar surface area (TPSA) is 13.1 Å². The molecule has 2 aromatic carbocycles. The highest BCUT2D eigenvalue weighted by Gasteiger charge is 2.13. The summed E-state index contributed by atoms with van der Waals surface area (Å²) in [6.07, 6.45) is 10.9. The van der Waals surface area contributed by atoms with Gasteiger partial charge in [-0.3, -0.25) is 0 Å². The Labute approximate surface area is 137 Å². The van der Waals surface area contributed by atoms with E-state index in [9.17, 15) is 0 Å². The van der Waals surface area contributed by atoms with Gasteiger partial charge in [-0.15, -0.1) is 0 Å². The molecule has 1 aromatic heterocycles. The fourth-order valence-corrected chi connectivity index (χ4v) is 2.99. The van der Waals surface area contributed by atoms with E-state index in [0.29, 0.717) is 5.92 Å². The van der Waals surface area contributed by atoms with Crippen LogP contribution in [0.15, 0.2) is 77.3 Å². The van der Waals surface area contributed by atoms with Gasteiger partial charge in [-0.1, -0.05) is 81.5 Å². The van der Waals surface area contributed by atoms with Gasteiger partial charge in [0.15, 0.2) is 0 Å². The number of furan rings is 1. The van der Waals surface area contributed by atoms with E-state index in [0.717, 1.165) is 11.2 Å². The summed E-state index contributed by atoms with van der Waals surface area (Å²) < 4.78 is 5.98. The summed E-state index contributed by atoms with van der Waals surface area (Å²) in [4.78, 5) is 0. The lowest BCUT2D eigenvalue weighted by Crippen LogP contribution is -1.87. The van der Waals surface area contributed by atoms with Crippen molar-refractivity contribution in [2.24, 2.45) is 5.92 Å².